The smallest absolute Gasteiger partial charge is 0.241 e. The van der Waals surface area contributed by atoms with E-state index in [4.69, 9.17) is 0 Å². The molecule has 20 heavy (non-hydrogen) atoms. The van der Waals surface area contributed by atoms with E-state index in [1.165, 1.54) is 6.42 Å². The maximum Gasteiger partial charge on any atom is 0.241 e. The Morgan fingerprint density at radius 2 is 2.00 bits per heavy atom. The second-order valence-electron chi connectivity index (χ2n) is 7.34. The fourth-order valence-corrected chi connectivity index (χ4v) is 3.58. The Morgan fingerprint density at radius 1 is 1.30 bits per heavy atom. The van der Waals surface area contributed by atoms with Crippen LogP contribution in [0.4, 0.5) is 0 Å². The Kier molecular flexibility index (Phi) is 5.08. The Labute approximate surface area is 123 Å². The van der Waals surface area contributed by atoms with Gasteiger partial charge in [-0.3, -0.25) is 10.1 Å². The Bertz CT molecular complexity index is 343. The van der Waals surface area contributed by atoms with Crippen molar-refractivity contribution >= 4 is 5.91 Å². The Balaban J connectivity index is 2.14. The van der Waals surface area contributed by atoms with Crippen LogP contribution in [0.3, 0.4) is 0 Å². The summed E-state index contributed by atoms with van der Waals surface area (Å²) >= 11 is 0. The van der Waals surface area contributed by atoms with Crippen LogP contribution < -0.4 is 5.32 Å². The summed E-state index contributed by atoms with van der Waals surface area (Å²) in [5.41, 5.74) is 0. The van der Waals surface area contributed by atoms with Gasteiger partial charge in [0, 0.05) is 12.6 Å². The molecule has 0 spiro atoms. The Hall–Kier alpha value is -0.610. The number of hydrogen-bond donors (Lipinski definition) is 1. The molecule has 2 rings (SSSR count). The highest BCUT2D eigenvalue weighted by atomic mass is 16.2. The van der Waals surface area contributed by atoms with Crippen molar-refractivity contribution in [3.05, 3.63) is 0 Å². The first-order valence-electron chi connectivity index (χ1n) is 8.17. The summed E-state index contributed by atoms with van der Waals surface area (Å²) in [6, 6.07) is 0.396. The van der Waals surface area contributed by atoms with E-state index in [1.54, 1.807) is 0 Å². The van der Waals surface area contributed by atoms with Gasteiger partial charge in [-0.05, 0) is 44.7 Å². The fraction of sp³-hybridized carbons (Fsp3) is 0.938. The molecule has 2 aliphatic heterocycles. The van der Waals surface area contributed by atoms with Crippen LogP contribution in [-0.4, -0.2) is 54.1 Å². The molecule has 116 valence electrons. The summed E-state index contributed by atoms with van der Waals surface area (Å²) < 4.78 is 0. The van der Waals surface area contributed by atoms with Crippen LogP contribution in [0.1, 0.15) is 47.0 Å². The highest BCUT2D eigenvalue weighted by molar-refractivity contribution is 5.85. The highest BCUT2D eigenvalue weighted by Gasteiger charge is 2.44. The predicted molar refractivity (Wildman–Crippen MR) is 82.4 cm³/mol. The molecule has 1 N–H and O–H groups in total. The topological polar surface area (TPSA) is 35.6 Å². The molecule has 2 aliphatic rings. The van der Waals surface area contributed by atoms with Crippen molar-refractivity contribution in [2.24, 2.45) is 11.8 Å². The van der Waals surface area contributed by atoms with Crippen LogP contribution in [0.2, 0.25) is 0 Å². The minimum Gasteiger partial charge on any atom is -0.322 e. The van der Waals surface area contributed by atoms with Crippen molar-refractivity contribution in [1.29, 1.82) is 0 Å². The van der Waals surface area contributed by atoms with E-state index in [0.29, 0.717) is 23.8 Å². The molecule has 0 aromatic rings. The monoisotopic (exact) mass is 281 g/mol. The summed E-state index contributed by atoms with van der Waals surface area (Å²) in [7, 11) is 2.16. The number of hydrogen-bond acceptors (Lipinski definition) is 3. The maximum absolute atomic E-state index is 12.8. The molecule has 0 aromatic carbocycles. The van der Waals surface area contributed by atoms with Crippen molar-refractivity contribution < 1.29 is 4.79 Å². The number of likely N-dealkylation sites (tertiary alicyclic amines) is 1. The van der Waals surface area contributed by atoms with Crippen LogP contribution >= 0.6 is 0 Å². The van der Waals surface area contributed by atoms with E-state index < -0.39 is 0 Å². The number of nitrogens with one attached hydrogen (secondary N) is 1. The first-order valence-corrected chi connectivity index (χ1v) is 8.17. The van der Waals surface area contributed by atoms with Crippen molar-refractivity contribution in [3.8, 4) is 0 Å². The Morgan fingerprint density at radius 3 is 2.55 bits per heavy atom. The van der Waals surface area contributed by atoms with Gasteiger partial charge in [0.05, 0.1) is 12.2 Å². The molecule has 4 heteroatoms. The van der Waals surface area contributed by atoms with Crippen LogP contribution in [0.5, 0.6) is 0 Å². The molecule has 0 saturated carbocycles. The summed E-state index contributed by atoms with van der Waals surface area (Å²) in [6.45, 7) is 10.9. The quantitative estimate of drug-likeness (QED) is 0.855. The van der Waals surface area contributed by atoms with Crippen LogP contribution in [0.15, 0.2) is 0 Å². The first kappa shape index (κ1) is 15.8. The standard InChI is InChI=1S/C16H31N3O/c1-11(2)9-14-17-15(12(3)4)16(20)19(14)13-7-6-8-18(5)10-13/h11-15,17H,6-10H2,1-5H3. The molecule has 3 unspecified atom stereocenters. The number of nitrogens with zero attached hydrogens (tertiary/aromatic N) is 2. The van der Waals surface area contributed by atoms with E-state index in [-0.39, 0.29) is 12.2 Å². The van der Waals surface area contributed by atoms with Gasteiger partial charge in [0.15, 0.2) is 0 Å². The van der Waals surface area contributed by atoms with E-state index in [0.717, 1.165) is 25.9 Å². The van der Waals surface area contributed by atoms with Crippen molar-refractivity contribution in [1.82, 2.24) is 15.1 Å². The normalized spacial score (nSPS) is 32.6. The highest BCUT2D eigenvalue weighted by Crippen LogP contribution is 2.27. The van der Waals surface area contributed by atoms with Gasteiger partial charge in [0.1, 0.15) is 0 Å². The number of amides is 1. The first-order chi connectivity index (χ1) is 9.40. The molecule has 3 atom stereocenters. The van der Waals surface area contributed by atoms with Crippen LogP contribution in [-0.2, 0) is 4.79 Å². The largest absolute Gasteiger partial charge is 0.322 e. The molecule has 0 bridgehead atoms. The van der Waals surface area contributed by atoms with E-state index in [9.17, 15) is 4.79 Å². The summed E-state index contributed by atoms with van der Waals surface area (Å²) in [5, 5.41) is 3.59. The van der Waals surface area contributed by atoms with E-state index in [1.807, 2.05) is 0 Å². The average molecular weight is 281 g/mol. The zero-order valence-electron chi connectivity index (χ0n) is 13.7. The third kappa shape index (κ3) is 3.34. The molecule has 1 amide bonds. The van der Waals surface area contributed by atoms with Gasteiger partial charge in [-0.2, -0.15) is 0 Å². The number of carbonyl (C=O) groups is 1. The number of piperidine rings is 1. The number of carbonyl (C=O) groups excluding carboxylic acids is 1. The summed E-state index contributed by atoms with van der Waals surface area (Å²) in [5.74, 6) is 1.30. The van der Waals surface area contributed by atoms with Gasteiger partial charge < -0.3 is 9.80 Å². The predicted octanol–water partition coefficient (Wildman–Crippen LogP) is 1.91. The number of rotatable bonds is 4. The van der Waals surface area contributed by atoms with Crippen LogP contribution in [0, 0.1) is 11.8 Å². The molecule has 2 saturated heterocycles. The zero-order chi connectivity index (χ0) is 14.9. The fourth-order valence-electron chi connectivity index (χ4n) is 3.58. The van der Waals surface area contributed by atoms with Gasteiger partial charge in [0.25, 0.3) is 0 Å². The third-order valence-corrected chi connectivity index (χ3v) is 4.58. The van der Waals surface area contributed by atoms with E-state index >= 15 is 0 Å². The van der Waals surface area contributed by atoms with E-state index in [2.05, 4.69) is 49.9 Å². The molecular formula is C16H31N3O. The van der Waals surface area contributed by atoms with Crippen molar-refractivity contribution in [2.45, 2.75) is 65.2 Å². The van der Waals surface area contributed by atoms with Gasteiger partial charge in [-0.1, -0.05) is 27.7 Å². The molecule has 0 aliphatic carbocycles. The van der Waals surface area contributed by atoms with Crippen molar-refractivity contribution in [2.75, 3.05) is 20.1 Å². The zero-order valence-corrected chi connectivity index (χ0v) is 13.7. The minimum absolute atomic E-state index is 0.00554. The second-order valence-corrected chi connectivity index (χ2v) is 7.34. The summed E-state index contributed by atoms with van der Waals surface area (Å²) in [6.07, 6.45) is 3.63. The molecule has 2 heterocycles. The van der Waals surface area contributed by atoms with Gasteiger partial charge in [-0.15, -0.1) is 0 Å². The molecular weight excluding hydrogens is 250 g/mol. The molecule has 2 fully saturated rings. The number of likely N-dealkylation sites (N-methyl/N-ethyl adjacent to an activating group) is 1. The maximum atomic E-state index is 12.8. The third-order valence-electron chi connectivity index (χ3n) is 4.58. The van der Waals surface area contributed by atoms with Gasteiger partial charge >= 0.3 is 0 Å². The molecule has 4 nitrogen and oxygen atoms in total. The van der Waals surface area contributed by atoms with Gasteiger partial charge in [-0.25, -0.2) is 0 Å². The molecule has 0 radical (unpaired) electrons. The SMILES string of the molecule is CC(C)CC1NC(C(C)C)C(=O)N1C1CCCN(C)C1. The van der Waals surface area contributed by atoms with Gasteiger partial charge in [0.2, 0.25) is 5.91 Å². The minimum atomic E-state index is 0.00554. The lowest BCUT2D eigenvalue weighted by Gasteiger charge is -2.39. The molecule has 0 aromatic heterocycles. The second kappa shape index (κ2) is 6.44. The van der Waals surface area contributed by atoms with Crippen molar-refractivity contribution in [3.63, 3.8) is 0 Å². The lowest BCUT2D eigenvalue weighted by molar-refractivity contribution is -0.134. The average Bonchev–Trinajstić information content (AvgIpc) is 2.65. The summed E-state index contributed by atoms with van der Waals surface area (Å²) in [4.78, 5) is 17.3. The lowest BCUT2D eigenvalue weighted by atomic mass is 10.0. The van der Waals surface area contributed by atoms with Crippen LogP contribution in [0.25, 0.3) is 0 Å². The lowest BCUT2D eigenvalue weighted by Crippen LogP contribution is -2.52.